The largest absolute Gasteiger partial charge is 0.351 e. The highest BCUT2D eigenvalue weighted by molar-refractivity contribution is 5.83. The molecule has 0 aliphatic carbocycles. The van der Waals surface area contributed by atoms with Gasteiger partial charge in [0.05, 0.1) is 6.54 Å². The van der Waals surface area contributed by atoms with Crippen molar-refractivity contribution >= 4 is 11.8 Å². The van der Waals surface area contributed by atoms with Gasteiger partial charge in [0, 0.05) is 19.5 Å². The van der Waals surface area contributed by atoms with Crippen LogP contribution in [0.2, 0.25) is 0 Å². The van der Waals surface area contributed by atoms with Crippen LogP contribution in [-0.2, 0) is 9.59 Å². The minimum Gasteiger partial charge on any atom is -0.351 e. The zero-order valence-electron chi connectivity index (χ0n) is 9.67. The van der Waals surface area contributed by atoms with Crippen molar-refractivity contribution in [2.75, 3.05) is 13.1 Å². The van der Waals surface area contributed by atoms with Gasteiger partial charge in [-0.2, -0.15) is 0 Å². The third-order valence-corrected chi connectivity index (χ3v) is 1.90. The Morgan fingerprint density at radius 1 is 1.33 bits per heavy atom. The summed E-state index contributed by atoms with van der Waals surface area (Å²) in [4.78, 5) is 21.9. The van der Waals surface area contributed by atoms with E-state index in [9.17, 15) is 9.59 Å². The maximum atomic E-state index is 11.3. The Labute approximate surface area is 90.8 Å². The molecule has 0 spiro atoms. The highest BCUT2D eigenvalue weighted by Crippen LogP contribution is 2.02. The van der Waals surface area contributed by atoms with Crippen LogP contribution in [0.3, 0.4) is 0 Å². The molecule has 0 radical (unpaired) electrons. The molecule has 0 aromatic rings. The minimum atomic E-state index is -0.210. The average Bonchev–Trinajstić information content (AvgIpc) is 2.13. The molecule has 1 unspecified atom stereocenters. The van der Waals surface area contributed by atoms with Gasteiger partial charge in [-0.15, -0.1) is 0 Å². The van der Waals surface area contributed by atoms with Crippen molar-refractivity contribution in [3.05, 3.63) is 0 Å². The van der Waals surface area contributed by atoms with E-state index in [2.05, 4.69) is 24.5 Å². The Bertz CT molecular complexity index is 217. The van der Waals surface area contributed by atoms with Gasteiger partial charge in [-0.25, -0.2) is 0 Å². The van der Waals surface area contributed by atoms with Crippen molar-refractivity contribution in [1.82, 2.24) is 10.6 Å². The average molecular weight is 215 g/mol. The molecule has 0 aromatic heterocycles. The highest BCUT2D eigenvalue weighted by Gasteiger charge is 2.12. The Hall–Kier alpha value is -1.10. The summed E-state index contributed by atoms with van der Waals surface area (Å²) < 4.78 is 0. The summed E-state index contributed by atoms with van der Waals surface area (Å²) in [6.07, 6.45) is 0.850. The van der Waals surface area contributed by atoms with Crippen molar-refractivity contribution < 1.29 is 9.59 Å². The van der Waals surface area contributed by atoms with Crippen LogP contribution in [0.5, 0.6) is 0 Å². The number of hydrogen-bond donors (Lipinski definition) is 3. The Morgan fingerprint density at radius 2 is 1.93 bits per heavy atom. The van der Waals surface area contributed by atoms with E-state index >= 15 is 0 Å². The van der Waals surface area contributed by atoms with Gasteiger partial charge in [0.1, 0.15) is 0 Å². The van der Waals surface area contributed by atoms with Crippen LogP contribution in [0.4, 0.5) is 0 Å². The predicted molar refractivity (Wildman–Crippen MR) is 59.1 cm³/mol. The van der Waals surface area contributed by atoms with Gasteiger partial charge in [0.25, 0.3) is 0 Å². The molecule has 15 heavy (non-hydrogen) atoms. The fourth-order valence-electron chi connectivity index (χ4n) is 1.27. The van der Waals surface area contributed by atoms with Crippen LogP contribution in [0.25, 0.3) is 0 Å². The quantitative estimate of drug-likeness (QED) is 0.564. The number of nitrogens with two attached hydrogens (primary N) is 1. The molecule has 4 N–H and O–H groups in total. The van der Waals surface area contributed by atoms with Gasteiger partial charge >= 0.3 is 0 Å². The summed E-state index contributed by atoms with van der Waals surface area (Å²) in [5.74, 6) is 0.0826. The SMILES string of the molecule is CC(=O)NCC(=O)NC(CN)CC(C)C. The fraction of sp³-hybridized carbons (Fsp3) is 0.800. The second-order valence-corrected chi connectivity index (χ2v) is 4.04. The molecule has 0 aromatic carbocycles. The van der Waals surface area contributed by atoms with Crippen molar-refractivity contribution in [3.8, 4) is 0 Å². The van der Waals surface area contributed by atoms with E-state index in [-0.39, 0.29) is 24.4 Å². The molecule has 5 heteroatoms. The normalized spacial score (nSPS) is 12.3. The first-order valence-electron chi connectivity index (χ1n) is 5.19. The lowest BCUT2D eigenvalue weighted by molar-refractivity contribution is -0.125. The fourth-order valence-corrected chi connectivity index (χ4v) is 1.27. The van der Waals surface area contributed by atoms with Crippen molar-refractivity contribution in [2.24, 2.45) is 11.7 Å². The molecule has 0 bridgehead atoms. The third-order valence-electron chi connectivity index (χ3n) is 1.90. The van der Waals surface area contributed by atoms with Gasteiger partial charge < -0.3 is 16.4 Å². The third kappa shape index (κ3) is 7.93. The van der Waals surface area contributed by atoms with Gasteiger partial charge in [-0.1, -0.05) is 13.8 Å². The molecular formula is C10H21N3O2. The second-order valence-electron chi connectivity index (χ2n) is 4.04. The number of amides is 2. The van der Waals surface area contributed by atoms with Crippen LogP contribution >= 0.6 is 0 Å². The predicted octanol–water partition coefficient (Wildman–Crippen LogP) is -0.388. The first kappa shape index (κ1) is 13.9. The zero-order chi connectivity index (χ0) is 11.8. The topological polar surface area (TPSA) is 84.2 Å². The van der Waals surface area contributed by atoms with Gasteiger partial charge in [0.2, 0.25) is 11.8 Å². The molecule has 88 valence electrons. The number of rotatable bonds is 6. The van der Waals surface area contributed by atoms with E-state index in [1.807, 2.05) is 0 Å². The maximum Gasteiger partial charge on any atom is 0.239 e. The summed E-state index contributed by atoms with van der Waals surface area (Å²) in [5, 5.41) is 5.21. The summed E-state index contributed by atoms with van der Waals surface area (Å²) in [7, 11) is 0. The molecule has 0 aliphatic rings. The summed E-state index contributed by atoms with van der Waals surface area (Å²) in [5.41, 5.74) is 5.52. The van der Waals surface area contributed by atoms with Crippen LogP contribution in [0.15, 0.2) is 0 Å². The number of hydrogen-bond acceptors (Lipinski definition) is 3. The standard InChI is InChI=1S/C10H21N3O2/c1-7(2)4-9(5-11)13-10(15)6-12-8(3)14/h7,9H,4-6,11H2,1-3H3,(H,12,14)(H,13,15). The lowest BCUT2D eigenvalue weighted by Crippen LogP contribution is -2.45. The molecule has 0 rings (SSSR count). The Morgan fingerprint density at radius 3 is 2.33 bits per heavy atom. The second kappa shape index (κ2) is 7.23. The Kier molecular flexibility index (Phi) is 6.70. The molecule has 0 fully saturated rings. The lowest BCUT2D eigenvalue weighted by atomic mass is 10.0. The zero-order valence-corrected chi connectivity index (χ0v) is 9.67. The van der Waals surface area contributed by atoms with Crippen LogP contribution in [0, 0.1) is 5.92 Å². The van der Waals surface area contributed by atoms with Gasteiger partial charge in [0.15, 0.2) is 0 Å². The van der Waals surface area contributed by atoms with Crippen molar-refractivity contribution in [2.45, 2.75) is 33.2 Å². The minimum absolute atomic E-state index is 0.00809. The van der Waals surface area contributed by atoms with Crippen LogP contribution in [-0.4, -0.2) is 30.9 Å². The molecule has 1 atom stereocenters. The number of carbonyl (C=O) groups is 2. The van der Waals surface area contributed by atoms with E-state index in [0.29, 0.717) is 12.5 Å². The van der Waals surface area contributed by atoms with Gasteiger partial charge in [-0.05, 0) is 12.3 Å². The summed E-state index contributed by atoms with van der Waals surface area (Å²) in [6, 6.07) is -0.00809. The first-order valence-corrected chi connectivity index (χ1v) is 5.19. The van der Waals surface area contributed by atoms with Crippen LogP contribution < -0.4 is 16.4 Å². The highest BCUT2D eigenvalue weighted by atomic mass is 16.2. The van der Waals surface area contributed by atoms with E-state index in [4.69, 9.17) is 5.73 Å². The van der Waals surface area contributed by atoms with E-state index in [1.54, 1.807) is 0 Å². The monoisotopic (exact) mass is 215 g/mol. The van der Waals surface area contributed by atoms with Crippen molar-refractivity contribution in [1.29, 1.82) is 0 Å². The smallest absolute Gasteiger partial charge is 0.239 e. The Balaban J connectivity index is 3.85. The van der Waals surface area contributed by atoms with Gasteiger partial charge in [-0.3, -0.25) is 9.59 Å². The van der Waals surface area contributed by atoms with E-state index in [0.717, 1.165) is 6.42 Å². The molecule has 2 amide bonds. The summed E-state index contributed by atoms with van der Waals surface area (Å²) in [6.45, 7) is 5.96. The first-order chi connectivity index (χ1) is 6.95. The van der Waals surface area contributed by atoms with E-state index < -0.39 is 0 Å². The number of carbonyl (C=O) groups excluding carboxylic acids is 2. The summed E-state index contributed by atoms with van der Waals surface area (Å²) >= 11 is 0. The van der Waals surface area contributed by atoms with Crippen molar-refractivity contribution in [3.63, 3.8) is 0 Å². The molecule has 0 saturated heterocycles. The van der Waals surface area contributed by atoms with Crippen LogP contribution in [0.1, 0.15) is 27.2 Å². The molecular weight excluding hydrogens is 194 g/mol. The lowest BCUT2D eigenvalue weighted by Gasteiger charge is -2.18. The molecule has 5 nitrogen and oxygen atoms in total. The molecule has 0 aliphatic heterocycles. The maximum absolute atomic E-state index is 11.3. The van der Waals surface area contributed by atoms with E-state index in [1.165, 1.54) is 6.92 Å². The number of nitrogens with one attached hydrogen (secondary N) is 2. The molecule has 0 heterocycles. The molecule has 0 saturated carbocycles.